The van der Waals surface area contributed by atoms with Gasteiger partial charge in [0.15, 0.2) is 0 Å². The van der Waals surface area contributed by atoms with E-state index in [0.717, 1.165) is 0 Å². The first-order valence-corrected chi connectivity index (χ1v) is 4.74. The quantitative estimate of drug-likeness (QED) is 0.685. The van der Waals surface area contributed by atoms with Gasteiger partial charge in [0.25, 0.3) is 5.56 Å². The molecule has 0 spiro atoms. The highest BCUT2D eigenvalue weighted by Gasteiger charge is 2.17. The summed E-state index contributed by atoms with van der Waals surface area (Å²) in [6.07, 6.45) is 1.59. The van der Waals surface area contributed by atoms with Gasteiger partial charge in [-0.05, 0) is 32.9 Å². The van der Waals surface area contributed by atoms with Gasteiger partial charge < -0.3 is 0 Å². The fourth-order valence-electron chi connectivity index (χ4n) is 1.50. The Morgan fingerprint density at radius 1 is 1.27 bits per heavy atom. The standard InChI is InChI=1S/C10H13N3O2/c1-10(2,3)13-9(15)12-6-4-5-7(12)8(14)11-13/h4-6H,1-3H3,(H,11,14). The summed E-state index contributed by atoms with van der Waals surface area (Å²) in [7, 11) is 0. The normalized spacial score (nSPS) is 12.2. The van der Waals surface area contributed by atoms with Crippen molar-refractivity contribution in [2.24, 2.45) is 0 Å². The summed E-state index contributed by atoms with van der Waals surface area (Å²) in [6.45, 7) is 5.58. The molecule has 5 nitrogen and oxygen atoms in total. The molecule has 0 saturated heterocycles. The van der Waals surface area contributed by atoms with Gasteiger partial charge >= 0.3 is 5.69 Å². The van der Waals surface area contributed by atoms with Crippen molar-refractivity contribution in [3.63, 3.8) is 0 Å². The van der Waals surface area contributed by atoms with Crippen molar-refractivity contribution in [2.45, 2.75) is 26.3 Å². The van der Waals surface area contributed by atoms with Crippen LogP contribution in [0.1, 0.15) is 20.8 Å². The molecule has 5 heteroatoms. The van der Waals surface area contributed by atoms with Gasteiger partial charge in [-0.2, -0.15) is 0 Å². The minimum Gasteiger partial charge on any atom is -0.266 e. The maximum absolute atomic E-state index is 11.9. The Morgan fingerprint density at radius 2 is 1.93 bits per heavy atom. The second kappa shape index (κ2) is 2.85. The van der Waals surface area contributed by atoms with Crippen LogP contribution in [0.4, 0.5) is 0 Å². The molecule has 80 valence electrons. The molecule has 1 N–H and O–H groups in total. The number of fused-ring (bicyclic) bond motifs is 1. The Balaban J connectivity index is 2.96. The molecule has 0 amide bonds. The summed E-state index contributed by atoms with van der Waals surface area (Å²) in [5.74, 6) is 0. The second-order valence-electron chi connectivity index (χ2n) is 4.49. The molecule has 0 saturated carbocycles. The fraction of sp³-hybridized carbons (Fsp3) is 0.400. The number of aromatic amines is 1. The minimum absolute atomic E-state index is 0.234. The second-order valence-corrected chi connectivity index (χ2v) is 4.49. The molecule has 2 aromatic rings. The van der Waals surface area contributed by atoms with Gasteiger partial charge in [-0.1, -0.05) is 0 Å². The van der Waals surface area contributed by atoms with E-state index in [2.05, 4.69) is 5.10 Å². The van der Waals surface area contributed by atoms with Gasteiger partial charge in [0.1, 0.15) is 5.52 Å². The SMILES string of the molecule is CC(C)(C)n1[nH]c(=O)c2cccn2c1=O. The summed E-state index contributed by atoms with van der Waals surface area (Å²) in [6, 6.07) is 3.30. The fourth-order valence-corrected chi connectivity index (χ4v) is 1.50. The van der Waals surface area contributed by atoms with Crippen LogP contribution in [0.15, 0.2) is 27.9 Å². The van der Waals surface area contributed by atoms with Gasteiger partial charge in [0.2, 0.25) is 0 Å². The monoisotopic (exact) mass is 207 g/mol. The van der Waals surface area contributed by atoms with E-state index in [-0.39, 0.29) is 11.2 Å². The number of nitrogens with one attached hydrogen (secondary N) is 1. The smallest absolute Gasteiger partial charge is 0.266 e. The van der Waals surface area contributed by atoms with Gasteiger partial charge in [0.05, 0.1) is 5.54 Å². The van der Waals surface area contributed by atoms with Gasteiger partial charge in [-0.15, -0.1) is 0 Å². The molecule has 0 fully saturated rings. The molecule has 15 heavy (non-hydrogen) atoms. The van der Waals surface area contributed by atoms with E-state index in [1.54, 1.807) is 18.3 Å². The van der Waals surface area contributed by atoms with Crippen molar-refractivity contribution in [3.05, 3.63) is 39.2 Å². The van der Waals surface area contributed by atoms with Crippen molar-refractivity contribution < 1.29 is 0 Å². The van der Waals surface area contributed by atoms with Crippen molar-refractivity contribution in [3.8, 4) is 0 Å². The van der Waals surface area contributed by atoms with Crippen LogP contribution in [-0.2, 0) is 5.54 Å². The number of nitrogens with zero attached hydrogens (tertiary/aromatic N) is 2. The maximum Gasteiger partial charge on any atom is 0.348 e. The highest BCUT2D eigenvalue weighted by atomic mass is 16.2. The summed E-state index contributed by atoms with van der Waals surface area (Å²) >= 11 is 0. The van der Waals surface area contributed by atoms with Crippen LogP contribution < -0.4 is 11.2 Å². The third kappa shape index (κ3) is 1.40. The Kier molecular flexibility index (Phi) is 1.86. The Hall–Kier alpha value is -1.78. The molecule has 0 aliphatic carbocycles. The van der Waals surface area contributed by atoms with Crippen LogP contribution in [0.2, 0.25) is 0 Å². The summed E-state index contributed by atoms with van der Waals surface area (Å²) in [5.41, 5.74) is -0.550. The lowest BCUT2D eigenvalue weighted by atomic mass is 10.1. The van der Waals surface area contributed by atoms with Crippen molar-refractivity contribution in [1.82, 2.24) is 14.2 Å². The zero-order chi connectivity index (χ0) is 11.2. The lowest BCUT2D eigenvalue weighted by Gasteiger charge is -2.21. The van der Waals surface area contributed by atoms with E-state index in [9.17, 15) is 9.59 Å². The molecule has 0 aliphatic heterocycles. The molecule has 0 aliphatic rings. The zero-order valence-electron chi connectivity index (χ0n) is 8.94. The molecular weight excluding hydrogens is 194 g/mol. The van der Waals surface area contributed by atoms with Crippen LogP contribution in [0, 0.1) is 0 Å². The third-order valence-electron chi connectivity index (χ3n) is 2.26. The Morgan fingerprint density at radius 3 is 2.53 bits per heavy atom. The first-order chi connectivity index (χ1) is 6.91. The lowest BCUT2D eigenvalue weighted by Crippen LogP contribution is -2.42. The van der Waals surface area contributed by atoms with E-state index in [4.69, 9.17) is 0 Å². The van der Waals surface area contributed by atoms with Crippen molar-refractivity contribution in [1.29, 1.82) is 0 Å². The molecule has 0 atom stereocenters. The molecule has 0 unspecified atom stereocenters. The third-order valence-corrected chi connectivity index (χ3v) is 2.26. The van der Waals surface area contributed by atoms with Crippen molar-refractivity contribution >= 4 is 5.52 Å². The number of hydrogen-bond donors (Lipinski definition) is 1. The Bertz CT molecular complexity index is 610. The summed E-state index contributed by atoms with van der Waals surface area (Å²) < 4.78 is 2.69. The summed E-state index contributed by atoms with van der Waals surface area (Å²) in [4.78, 5) is 23.6. The van der Waals surface area contributed by atoms with Gasteiger partial charge in [-0.25, -0.2) is 9.48 Å². The van der Waals surface area contributed by atoms with Crippen LogP contribution >= 0.6 is 0 Å². The van der Waals surface area contributed by atoms with E-state index in [1.165, 1.54) is 9.08 Å². The zero-order valence-corrected chi connectivity index (χ0v) is 8.94. The summed E-state index contributed by atoms with van der Waals surface area (Å²) in [5, 5.41) is 2.57. The van der Waals surface area contributed by atoms with Crippen LogP contribution in [0.25, 0.3) is 5.52 Å². The molecule has 0 bridgehead atoms. The number of hydrogen-bond acceptors (Lipinski definition) is 2. The average molecular weight is 207 g/mol. The lowest BCUT2D eigenvalue weighted by molar-refractivity contribution is 0.326. The molecule has 2 aromatic heterocycles. The topological polar surface area (TPSA) is 59.3 Å². The molecule has 2 heterocycles. The van der Waals surface area contributed by atoms with E-state index < -0.39 is 5.54 Å². The van der Waals surface area contributed by atoms with E-state index >= 15 is 0 Å². The minimum atomic E-state index is -0.436. The predicted molar refractivity (Wildman–Crippen MR) is 57.3 cm³/mol. The molecule has 2 rings (SSSR count). The Labute approximate surface area is 86.0 Å². The highest BCUT2D eigenvalue weighted by molar-refractivity contribution is 5.43. The highest BCUT2D eigenvalue weighted by Crippen LogP contribution is 2.07. The van der Waals surface area contributed by atoms with Crippen LogP contribution in [0.5, 0.6) is 0 Å². The molecular formula is C10H13N3O2. The largest absolute Gasteiger partial charge is 0.348 e. The average Bonchev–Trinajstić information content (AvgIpc) is 2.58. The van der Waals surface area contributed by atoms with E-state index in [0.29, 0.717) is 5.52 Å². The van der Waals surface area contributed by atoms with Gasteiger partial charge in [0, 0.05) is 6.20 Å². The van der Waals surface area contributed by atoms with Crippen molar-refractivity contribution in [2.75, 3.05) is 0 Å². The number of rotatable bonds is 0. The number of H-pyrrole nitrogens is 1. The van der Waals surface area contributed by atoms with Gasteiger partial charge in [-0.3, -0.25) is 14.3 Å². The maximum atomic E-state index is 11.9. The van der Waals surface area contributed by atoms with Crippen LogP contribution in [0.3, 0.4) is 0 Å². The molecule has 0 radical (unpaired) electrons. The van der Waals surface area contributed by atoms with E-state index in [1.807, 2.05) is 20.8 Å². The predicted octanol–water partition coefficient (Wildman–Crippen LogP) is 0.544. The first-order valence-electron chi connectivity index (χ1n) is 4.74. The van der Waals surface area contributed by atoms with Crippen LogP contribution in [-0.4, -0.2) is 14.2 Å². The molecule has 0 aromatic carbocycles. The first kappa shape index (κ1) is 9.76. The number of aromatic nitrogens is 3.